The van der Waals surface area contributed by atoms with Gasteiger partial charge in [0.1, 0.15) is 0 Å². The lowest BCUT2D eigenvalue weighted by Gasteiger charge is -2.14. The number of hydrogen-bond acceptors (Lipinski definition) is 3. The Kier molecular flexibility index (Phi) is 4.69. The predicted octanol–water partition coefficient (Wildman–Crippen LogP) is 1.34. The Morgan fingerprint density at radius 2 is 2.18 bits per heavy atom. The maximum absolute atomic E-state index is 12.1. The summed E-state index contributed by atoms with van der Waals surface area (Å²) in [6.45, 7) is 7.70. The van der Waals surface area contributed by atoms with E-state index in [1.807, 2.05) is 27.7 Å². The van der Waals surface area contributed by atoms with Gasteiger partial charge in [-0.15, -0.1) is 0 Å². The molecule has 5 nitrogen and oxygen atoms in total. The SMILES string of the molecule is CCC(CO)NC(=O)c1c(C(C)C)n[nH]c1C. The maximum Gasteiger partial charge on any atom is 0.255 e. The van der Waals surface area contributed by atoms with Gasteiger partial charge in [0.25, 0.3) is 5.91 Å². The Hall–Kier alpha value is -1.36. The Labute approximate surface area is 102 Å². The van der Waals surface area contributed by atoms with Crippen molar-refractivity contribution in [2.75, 3.05) is 6.61 Å². The van der Waals surface area contributed by atoms with E-state index in [1.165, 1.54) is 0 Å². The van der Waals surface area contributed by atoms with Crippen molar-refractivity contribution < 1.29 is 9.90 Å². The number of aliphatic hydroxyl groups is 1. The summed E-state index contributed by atoms with van der Waals surface area (Å²) < 4.78 is 0. The average molecular weight is 239 g/mol. The van der Waals surface area contributed by atoms with Crippen molar-refractivity contribution in [3.63, 3.8) is 0 Å². The molecule has 1 amide bonds. The van der Waals surface area contributed by atoms with E-state index >= 15 is 0 Å². The summed E-state index contributed by atoms with van der Waals surface area (Å²) in [5, 5.41) is 18.9. The first-order valence-electron chi connectivity index (χ1n) is 5.97. The van der Waals surface area contributed by atoms with Crippen LogP contribution in [0.15, 0.2) is 0 Å². The molecule has 1 atom stereocenters. The monoisotopic (exact) mass is 239 g/mol. The number of carbonyl (C=O) groups excluding carboxylic acids is 1. The van der Waals surface area contributed by atoms with E-state index in [9.17, 15) is 4.79 Å². The maximum atomic E-state index is 12.1. The highest BCUT2D eigenvalue weighted by atomic mass is 16.3. The van der Waals surface area contributed by atoms with Crippen molar-refractivity contribution in [2.45, 2.75) is 46.1 Å². The summed E-state index contributed by atoms with van der Waals surface area (Å²) in [6, 6.07) is -0.197. The standard InChI is InChI=1S/C12H21N3O2/c1-5-9(6-16)13-12(17)10-8(4)14-15-11(10)7(2)3/h7,9,16H,5-6H2,1-4H3,(H,13,17)(H,14,15). The Morgan fingerprint density at radius 3 is 2.65 bits per heavy atom. The number of hydrogen-bond donors (Lipinski definition) is 3. The summed E-state index contributed by atoms with van der Waals surface area (Å²) in [6.07, 6.45) is 0.705. The van der Waals surface area contributed by atoms with Crippen LogP contribution < -0.4 is 5.32 Å². The number of carbonyl (C=O) groups is 1. The van der Waals surface area contributed by atoms with Crippen molar-refractivity contribution >= 4 is 5.91 Å². The molecular weight excluding hydrogens is 218 g/mol. The van der Waals surface area contributed by atoms with Crippen molar-refractivity contribution in [1.29, 1.82) is 0 Å². The van der Waals surface area contributed by atoms with Gasteiger partial charge in [-0.1, -0.05) is 20.8 Å². The van der Waals surface area contributed by atoms with Crippen LogP contribution in [-0.2, 0) is 0 Å². The molecule has 0 radical (unpaired) electrons. The number of nitrogens with one attached hydrogen (secondary N) is 2. The van der Waals surface area contributed by atoms with E-state index in [2.05, 4.69) is 15.5 Å². The molecule has 0 bridgehead atoms. The number of aryl methyl sites for hydroxylation is 1. The summed E-state index contributed by atoms with van der Waals surface area (Å²) >= 11 is 0. The predicted molar refractivity (Wildman–Crippen MR) is 66.0 cm³/mol. The average Bonchev–Trinajstić information content (AvgIpc) is 2.67. The smallest absolute Gasteiger partial charge is 0.255 e. The van der Waals surface area contributed by atoms with E-state index in [4.69, 9.17) is 5.11 Å². The van der Waals surface area contributed by atoms with E-state index in [1.54, 1.807) is 0 Å². The molecule has 0 saturated carbocycles. The van der Waals surface area contributed by atoms with E-state index in [-0.39, 0.29) is 24.5 Å². The third kappa shape index (κ3) is 3.06. The van der Waals surface area contributed by atoms with Crippen LogP contribution in [0.5, 0.6) is 0 Å². The zero-order valence-corrected chi connectivity index (χ0v) is 10.9. The van der Waals surface area contributed by atoms with Crippen LogP contribution in [0, 0.1) is 6.92 Å². The number of rotatable bonds is 5. The molecule has 5 heteroatoms. The Morgan fingerprint density at radius 1 is 1.53 bits per heavy atom. The third-order valence-corrected chi connectivity index (χ3v) is 2.80. The van der Waals surface area contributed by atoms with Gasteiger partial charge >= 0.3 is 0 Å². The lowest BCUT2D eigenvalue weighted by Crippen LogP contribution is -2.37. The fraction of sp³-hybridized carbons (Fsp3) is 0.667. The van der Waals surface area contributed by atoms with Gasteiger partial charge in [-0.3, -0.25) is 9.89 Å². The highest BCUT2D eigenvalue weighted by molar-refractivity contribution is 5.96. The molecule has 1 aromatic heterocycles. The second-order valence-corrected chi connectivity index (χ2v) is 4.52. The van der Waals surface area contributed by atoms with Crippen LogP contribution in [0.4, 0.5) is 0 Å². The zero-order chi connectivity index (χ0) is 13.0. The second-order valence-electron chi connectivity index (χ2n) is 4.52. The molecule has 1 aromatic rings. The number of amides is 1. The topological polar surface area (TPSA) is 78.0 Å². The van der Waals surface area contributed by atoms with Gasteiger partial charge in [0, 0.05) is 5.69 Å². The fourth-order valence-corrected chi connectivity index (χ4v) is 1.69. The normalized spacial score (nSPS) is 12.8. The van der Waals surface area contributed by atoms with Gasteiger partial charge in [-0.05, 0) is 19.3 Å². The van der Waals surface area contributed by atoms with E-state index in [0.717, 1.165) is 11.4 Å². The van der Waals surface area contributed by atoms with Crippen LogP contribution >= 0.6 is 0 Å². The molecule has 0 aromatic carbocycles. The van der Waals surface area contributed by atoms with Crippen LogP contribution in [0.2, 0.25) is 0 Å². The molecule has 96 valence electrons. The third-order valence-electron chi connectivity index (χ3n) is 2.80. The van der Waals surface area contributed by atoms with Crippen LogP contribution in [0.3, 0.4) is 0 Å². The van der Waals surface area contributed by atoms with Gasteiger partial charge in [0.15, 0.2) is 0 Å². The quantitative estimate of drug-likeness (QED) is 0.725. The molecule has 0 aliphatic heterocycles. The van der Waals surface area contributed by atoms with Gasteiger partial charge in [-0.25, -0.2) is 0 Å². The van der Waals surface area contributed by atoms with Crippen molar-refractivity contribution in [3.05, 3.63) is 17.0 Å². The number of aliphatic hydroxyl groups excluding tert-OH is 1. The largest absolute Gasteiger partial charge is 0.394 e. The first kappa shape index (κ1) is 13.7. The number of H-pyrrole nitrogens is 1. The van der Waals surface area contributed by atoms with E-state index < -0.39 is 0 Å². The highest BCUT2D eigenvalue weighted by Gasteiger charge is 2.21. The molecule has 1 rings (SSSR count). The number of nitrogens with zero attached hydrogens (tertiary/aromatic N) is 1. The molecule has 1 heterocycles. The van der Waals surface area contributed by atoms with Gasteiger partial charge < -0.3 is 10.4 Å². The van der Waals surface area contributed by atoms with Crippen molar-refractivity contribution in [3.8, 4) is 0 Å². The zero-order valence-electron chi connectivity index (χ0n) is 10.9. The second kappa shape index (κ2) is 5.82. The first-order valence-corrected chi connectivity index (χ1v) is 5.97. The molecule has 3 N–H and O–H groups in total. The minimum Gasteiger partial charge on any atom is -0.394 e. The van der Waals surface area contributed by atoms with Crippen LogP contribution in [-0.4, -0.2) is 33.9 Å². The molecule has 0 spiro atoms. The molecular formula is C12H21N3O2. The van der Waals surface area contributed by atoms with E-state index in [0.29, 0.717) is 12.0 Å². The lowest BCUT2D eigenvalue weighted by atomic mass is 10.0. The number of aromatic amines is 1. The molecule has 0 aliphatic carbocycles. The Balaban J connectivity index is 2.91. The lowest BCUT2D eigenvalue weighted by molar-refractivity contribution is 0.0913. The Bertz CT molecular complexity index is 381. The minimum absolute atomic E-state index is 0.0455. The van der Waals surface area contributed by atoms with Gasteiger partial charge in [-0.2, -0.15) is 5.10 Å². The van der Waals surface area contributed by atoms with Crippen molar-refractivity contribution in [1.82, 2.24) is 15.5 Å². The molecule has 1 unspecified atom stereocenters. The molecule has 0 saturated heterocycles. The molecule has 0 fully saturated rings. The summed E-state index contributed by atoms with van der Waals surface area (Å²) in [4.78, 5) is 12.1. The highest BCUT2D eigenvalue weighted by Crippen LogP contribution is 2.19. The molecule has 17 heavy (non-hydrogen) atoms. The van der Waals surface area contributed by atoms with Crippen LogP contribution in [0.1, 0.15) is 54.9 Å². The van der Waals surface area contributed by atoms with Crippen LogP contribution in [0.25, 0.3) is 0 Å². The first-order chi connectivity index (χ1) is 8.01. The number of aromatic nitrogens is 2. The fourth-order valence-electron chi connectivity index (χ4n) is 1.69. The summed E-state index contributed by atoms with van der Waals surface area (Å²) in [7, 11) is 0. The summed E-state index contributed by atoms with van der Waals surface area (Å²) in [5.74, 6) is 0.0238. The minimum atomic E-state index is -0.197. The molecule has 0 aliphatic rings. The van der Waals surface area contributed by atoms with Gasteiger partial charge in [0.2, 0.25) is 0 Å². The van der Waals surface area contributed by atoms with Gasteiger partial charge in [0.05, 0.1) is 23.9 Å². The van der Waals surface area contributed by atoms with Crippen molar-refractivity contribution in [2.24, 2.45) is 0 Å². The summed E-state index contributed by atoms with van der Waals surface area (Å²) in [5.41, 5.74) is 2.14.